The van der Waals surface area contributed by atoms with Gasteiger partial charge in [-0.25, -0.2) is 4.39 Å². The van der Waals surface area contributed by atoms with Crippen LogP contribution in [0.4, 0.5) is 4.39 Å². The van der Waals surface area contributed by atoms with Crippen molar-refractivity contribution in [1.29, 1.82) is 0 Å². The van der Waals surface area contributed by atoms with E-state index in [0.29, 0.717) is 18.6 Å². The lowest BCUT2D eigenvalue weighted by Crippen LogP contribution is -2.02. The van der Waals surface area contributed by atoms with Crippen LogP contribution in [0.5, 0.6) is 11.5 Å². The second-order valence-corrected chi connectivity index (χ2v) is 5.49. The first-order valence-corrected chi connectivity index (χ1v) is 7.88. The van der Waals surface area contributed by atoms with Gasteiger partial charge in [-0.2, -0.15) is 0 Å². The fraction of sp³-hybridized carbons (Fsp3) is 0.0952. The van der Waals surface area contributed by atoms with E-state index in [0.717, 1.165) is 11.1 Å². The minimum absolute atomic E-state index is 0.00323. The highest BCUT2D eigenvalue weighted by Gasteiger charge is 2.13. The molecular formula is C21H17FO3. The zero-order valence-electron chi connectivity index (χ0n) is 13.5. The van der Waals surface area contributed by atoms with Crippen LogP contribution in [0.3, 0.4) is 0 Å². The smallest absolute Gasteiger partial charge is 0.175 e. The summed E-state index contributed by atoms with van der Waals surface area (Å²) in [5, 5.41) is 0. The Morgan fingerprint density at radius 1 is 0.800 bits per heavy atom. The SMILES string of the molecule is O=Cc1cc(OCc2ccccc2)cc(OCc2ccccc2)c1F. The van der Waals surface area contributed by atoms with Crippen LogP contribution >= 0.6 is 0 Å². The summed E-state index contributed by atoms with van der Waals surface area (Å²) < 4.78 is 25.5. The maximum Gasteiger partial charge on any atom is 0.175 e. The van der Waals surface area contributed by atoms with Crippen LogP contribution in [0, 0.1) is 5.82 Å². The molecule has 0 atom stereocenters. The van der Waals surface area contributed by atoms with E-state index in [1.807, 2.05) is 60.7 Å². The Hall–Kier alpha value is -3.14. The van der Waals surface area contributed by atoms with E-state index in [9.17, 15) is 9.18 Å². The topological polar surface area (TPSA) is 35.5 Å². The monoisotopic (exact) mass is 336 g/mol. The van der Waals surface area contributed by atoms with Crippen LogP contribution < -0.4 is 9.47 Å². The number of halogens is 1. The van der Waals surface area contributed by atoms with Gasteiger partial charge in [0.05, 0.1) is 5.56 Å². The first kappa shape index (κ1) is 16.7. The van der Waals surface area contributed by atoms with Gasteiger partial charge >= 0.3 is 0 Å². The van der Waals surface area contributed by atoms with E-state index in [4.69, 9.17) is 9.47 Å². The molecule has 0 amide bonds. The number of hydrogen-bond donors (Lipinski definition) is 0. The minimum atomic E-state index is -0.682. The fourth-order valence-corrected chi connectivity index (χ4v) is 2.34. The number of hydrogen-bond acceptors (Lipinski definition) is 3. The molecule has 0 radical (unpaired) electrons. The third-order valence-corrected chi connectivity index (χ3v) is 3.65. The van der Waals surface area contributed by atoms with Gasteiger partial charge in [0, 0.05) is 6.07 Å². The number of rotatable bonds is 7. The third-order valence-electron chi connectivity index (χ3n) is 3.65. The Morgan fingerprint density at radius 3 is 1.92 bits per heavy atom. The molecule has 0 saturated heterocycles. The maximum atomic E-state index is 14.3. The summed E-state index contributed by atoms with van der Waals surface area (Å²) in [6.07, 6.45) is 0.458. The van der Waals surface area contributed by atoms with Crippen LogP contribution in [0.1, 0.15) is 21.5 Å². The van der Waals surface area contributed by atoms with Gasteiger partial charge < -0.3 is 9.47 Å². The summed E-state index contributed by atoms with van der Waals surface area (Å²) in [5.41, 5.74) is 1.80. The summed E-state index contributed by atoms with van der Waals surface area (Å²) >= 11 is 0. The molecule has 25 heavy (non-hydrogen) atoms. The number of benzene rings is 3. The Bertz CT molecular complexity index is 833. The molecule has 3 aromatic rings. The molecule has 0 heterocycles. The second kappa shape index (κ2) is 8.11. The Labute approximate surface area is 145 Å². The van der Waals surface area contributed by atoms with Crippen molar-refractivity contribution in [3.05, 3.63) is 95.3 Å². The lowest BCUT2D eigenvalue weighted by Gasteiger charge is -2.12. The van der Waals surface area contributed by atoms with Crippen LogP contribution in [-0.4, -0.2) is 6.29 Å². The third kappa shape index (κ3) is 4.44. The lowest BCUT2D eigenvalue weighted by atomic mass is 10.2. The summed E-state index contributed by atoms with van der Waals surface area (Å²) in [5.74, 6) is -0.301. The standard InChI is InChI=1S/C21H17FO3/c22-21-18(13-23)11-19(24-14-16-7-3-1-4-8-16)12-20(21)25-15-17-9-5-2-6-10-17/h1-13H,14-15H2. The van der Waals surface area contributed by atoms with E-state index in [2.05, 4.69) is 0 Å². The first-order chi connectivity index (χ1) is 12.3. The molecule has 0 aliphatic heterocycles. The normalized spacial score (nSPS) is 10.3. The second-order valence-electron chi connectivity index (χ2n) is 5.49. The molecule has 3 aromatic carbocycles. The highest BCUT2D eigenvalue weighted by molar-refractivity contribution is 5.77. The molecule has 0 fully saturated rings. The Kier molecular flexibility index (Phi) is 5.42. The molecular weight excluding hydrogens is 319 g/mol. The first-order valence-electron chi connectivity index (χ1n) is 7.88. The predicted molar refractivity (Wildman–Crippen MR) is 93.3 cm³/mol. The van der Waals surface area contributed by atoms with E-state index in [1.165, 1.54) is 12.1 Å². The highest BCUT2D eigenvalue weighted by atomic mass is 19.1. The van der Waals surface area contributed by atoms with Gasteiger partial charge in [-0.05, 0) is 17.2 Å². The van der Waals surface area contributed by atoms with E-state index in [1.54, 1.807) is 0 Å². The Balaban J connectivity index is 1.76. The predicted octanol–water partition coefficient (Wildman–Crippen LogP) is 4.80. The van der Waals surface area contributed by atoms with Crippen LogP contribution in [0.15, 0.2) is 72.8 Å². The zero-order chi connectivity index (χ0) is 17.5. The molecule has 3 rings (SSSR count). The van der Waals surface area contributed by atoms with Crippen molar-refractivity contribution >= 4 is 6.29 Å². The van der Waals surface area contributed by atoms with Crippen molar-refractivity contribution in [3.8, 4) is 11.5 Å². The quantitative estimate of drug-likeness (QED) is 0.582. The highest BCUT2D eigenvalue weighted by Crippen LogP contribution is 2.28. The maximum absolute atomic E-state index is 14.3. The van der Waals surface area contributed by atoms with Gasteiger partial charge in [0.25, 0.3) is 0 Å². The number of ether oxygens (including phenoxy) is 2. The molecule has 0 aliphatic carbocycles. The van der Waals surface area contributed by atoms with Crippen molar-refractivity contribution in [2.45, 2.75) is 13.2 Å². The Morgan fingerprint density at radius 2 is 1.36 bits per heavy atom. The van der Waals surface area contributed by atoms with Crippen molar-refractivity contribution < 1.29 is 18.7 Å². The van der Waals surface area contributed by atoms with E-state index in [-0.39, 0.29) is 17.9 Å². The van der Waals surface area contributed by atoms with Gasteiger partial charge in [-0.3, -0.25) is 4.79 Å². The number of carbonyl (C=O) groups excluding carboxylic acids is 1. The minimum Gasteiger partial charge on any atom is -0.489 e. The molecule has 126 valence electrons. The fourth-order valence-electron chi connectivity index (χ4n) is 2.34. The molecule has 0 unspecified atom stereocenters. The lowest BCUT2D eigenvalue weighted by molar-refractivity contribution is 0.111. The molecule has 0 bridgehead atoms. The number of carbonyl (C=O) groups is 1. The molecule has 0 saturated carbocycles. The molecule has 4 heteroatoms. The molecule has 0 aromatic heterocycles. The van der Waals surface area contributed by atoms with Crippen molar-refractivity contribution in [2.24, 2.45) is 0 Å². The largest absolute Gasteiger partial charge is 0.489 e. The molecule has 0 aliphatic rings. The average molecular weight is 336 g/mol. The van der Waals surface area contributed by atoms with Gasteiger partial charge in [0.15, 0.2) is 17.9 Å². The molecule has 0 spiro atoms. The summed E-state index contributed by atoms with van der Waals surface area (Å²) in [6, 6.07) is 21.9. The van der Waals surface area contributed by atoms with Crippen molar-refractivity contribution in [1.82, 2.24) is 0 Å². The zero-order valence-corrected chi connectivity index (χ0v) is 13.5. The van der Waals surface area contributed by atoms with Crippen molar-refractivity contribution in [3.63, 3.8) is 0 Å². The van der Waals surface area contributed by atoms with Gasteiger partial charge in [0.1, 0.15) is 19.0 Å². The van der Waals surface area contributed by atoms with Gasteiger partial charge in [-0.1, -0.05) is 60.7 Å². The van der Waals surface area contributed by atoms with Crippen molar-refractivity contribution in [2.75, 3.05) is 0 Å². The van der Waals surface area contributed by atoms with E-state index < -0.39 is 5.82 Å². The van der Waals surface area contributed by atoms with Gasteiger partial charge in [0.2, 0.25) is 0 Å². The molecule has 0 N–H and O–H groups in total. The molecule has 3 nitrogen and oxygen atoms in total. The van der Waals surface area contributed by atoms with Gasteiger partial charge in [-0.15, -0.1) is 0 Å². The van der Waals surface area contributed by atoms with Crippen LogP contribution in [-0.2, 0) is 13.2 Å². The average Bonchev–Trinajstić information content (AvgIpc) is 2.67. The summed E-state index contributed by atoms with van der Waals surface area (Å²) in [7, 11) is 0. The van der Waals surface area contributed by atoms with Crippen LogP contribution in [0.25, 0.3) is 0 Å². The summed E-state index contributed by atoms with van der Waals surface area (Å²) in [4.78, 5) is 11.1. The van der Waals surface area contributed by atoms with Crippen LogP contribution in [0.2, 0.25) is 0 Å². The van der Waals surface area contributed by atoms with E-state index >= 15 is 0 Å². The summed E-state index contributed by atoms with van der Waals surface area (Å²) in [6.45, 7) is 0.529. The number of aldehydes is 1.